The van der Waals surface area contributed by atoms with Crippen LogP contribution in [0.1, 0.15) is 18.5 Å². The van der Waals surface area contributed by atoms with Gasteiger partial charge in [-0.15, -0.1) is 0 Å². The van der Waals surface area contributed by atoms with Gasteiger partial charge in [-0.2, -0.15) is 0 Å². The van der Waals surface area contributed by atoms with Gasteiger partial charge in [-0.1, -0.05) is 18.2 Å². The van der Waals surface area contributed by atoms with Gasteiger partial charge in [-0.05, 0) is 24.8 Å². The summed E-state index contributed by atoms with van der Waals surface area (Å²) >= 11 is 5.51. The van der Waals surface area contributed by atoms with E-state index in [1.807, 2.05) is 31.2 Å². The van der Waals surface area contributed by atoms with E-state index >= 15 is 0 Å². The van der Waals surface area contributed by atoms with Crippen LogP contribution in [-0.4, -0.2) is 7.11 Å². The van der Waals surface area contributed by atoms with Crippen molar-refractivity contribution in [1.82, 2.24) is 4.84 Å². The maximum absolute atomic E-state index is 5.51. The molecule has 1 aromatic carbocycles. The fourth-order valence-electron chi connectivity index (χ4n) is 1.08. The molecule has 0 aliphatic carbocycles. The zero-order valence-corrected chi connectivity index (χ0v) is 7.93. The highest BCUT2D eigenvalue weighted by Gasteiger charge is 2.07. The molecule has 0 heterocycles. The lowest BCUT2D eigenvalue weighted by atomic mass is 10.1. The van der Waals surface area contributed by atoms with E-state index in [-0.39, 0.29) is 6.04 Å². The molecule has 0 aliphatic rings. The van der Waals surface area contributed by atoms with Crippen molar-refractivity contribution in [3.63, 3.8) is 0 Å². The van der Waals surface area contributed by atoms with Crippen molar-refractivity contribution in [3.05, 3.63) is 29.8 Å². The average molecular weight is 186 g/mol. The largest absolute Gasteiger partial charge is 0.496 e. The number of methoxy groups -OCH3 is 1. The number of benzene rings is 1. The Hall–Kier alpha value is -0.730. The average Bonchev–Trinajstić information content (AvgIpc) is 2.16. The first-order chi connectivity index (χ1) is 5.79. The molecule has 0 aliphatic heterocycles. The Balaban J connectivity index is 2.96. The fraction of sp³-hybridized carbons (Fsp3) is 0.333. The van der Waals surface area contributed by atoms with Crippen LogP contribution >= 0.6 is 11.8 Å². The molecule has 66 valence electrons. The van der Waals surface area contributed by atoms with E-state index in [0.717, 1.165) is 11.3 Å². The number of ether oxygens (including phenoxy) is 1. The highest BCUT2D eigenvalue weighted by Crippen LogP contribution is 2.24. The van der Waals surface area contributed by atoms with Crippen LogP contribution in [0.2, 0.25) is 0 Å². The third-order valence-electron chi connectivity index (χ3n) is 1.77. The van der Waals surface area contributed by atoms with Gasteiger partial charge in [0.25, 0.3) is 0 Å². The van der Waals surface area contributed by atoms with E-state index in [2.05, 4.69) is 4.84 Å². The van der Waals surface area contributed by atoms with E-state index < -0.39 is 0 Å². The van der Waals surface area contributed by atoms with E-state index in [1.165, 1.54) is 0 Å². The molecule has 0 bridgehead atoms. The third-order valence-corrected chi connectivity index (χ3v) is 2.10. The Kier molecular flexibility index (Phi) is 3.38. The van der Waals surface area contributed by atoms with Crippen LogP contribution < -0.4 is 9.57 Å². The second kappa shape index (κ2) is 4.33. The molecule has 0 fully saturated rings. The molecule has 0 saturated carbocycles. The van der Waals surface area contributed by atoms with E-state index in [4.69, 9.17) is 16.5 Å². The van der Waals surface area contributed by atoms with Gasteiger partial charge in [0.05, 0.1) is 7.11 Å². The second-order valence-electron chi connectivity index (χ2n) is 2.57. The van der Waals surface area contributed by atoms with Gasteiger partial charge in [0.2, 0.25) is 0 Å². The van der Waals surface area contributed by atoms with E-state index in [0.29, 0.717) is 0 Å². The summed E-state index contributed by atoms with van der Waals surface area (Å²) in [5.41, 5.74) is 1.06. The van der Waals surface area contributed by atoms with Crippen molar-refractivity contribution in [3.8, 4) is 5.75 Å². The van der Waals surface area contributed by atoms with Gasteiger partial charge >= 0.3 is 0 Å². The maximum atomic E-state index is 5.51. The van der Waals surface area contributed by atoms with Crippen LogP contribution in [0.4, 0.5) is 0 Å². The van der Waals surface area contributed by atoms with Crippen LogP contribution in [0, 0.1) is 0 Å². The molecule has 0 aromatic heterocycles. The zero-order chi connectivity index (χ0) is 8.97. The van der Waals surface area contributed by atoms with Crippen molar-refractivity contribution < 1.29 is 4.74 Å². The molecule has 0 unspecified atom stereocenters. The molecule has 1 aromatic rings. The number of para-hydroxylation sites is 1. The van der Waals surface area contributed by atoms with Crippen LogP contribution in [0.5, 0.6) is 5.75 Å². The molecule has 1 rings (SSSR count). The molecule has 2 nitrogen and oxygen atoms in total. The molecule has 0 radical (unpaired) electrons. The minimum absolute atomic E-state index is 0.0998. The van der Waals surface area contributed by atoms with Gasteiger partial charge in [0.15, 0.2) is 0 Å². The normalized spacial score (nSPS) is 12.6. The monoisotopic (exact) mass is 185 g/mol. The molecular weight excluding hydrogens is 174 g/mol. The van der Waals surface area contributed by atoms with Crippen molar-refractivity contribution in [2.24, 2.45) is 0 Å². The standard InChI is InChI=1S/C9H12ClNO/c1-7(11-10)8-5-3-4-6-9(8)12-2/h3-7,11H,1-2H3/t7-/m1/s1. The predicted octanol–water partition coefficient (Wildman–Crippen LogP) is 2.50. The van der Waals surface area contributed by atoms with Crippen LogP contribution in [0.3, 0.4) is 0 Å². The van der Waals surface area contributed by atoms with Gasteiger partial charge in [0, 0.05) is 11.6 Å². The smallest absolute Gasteiger partial charge is 0.123 e. The first-order valence-corrected chi connectivity index (χ1v) is 4.16. The number of hydrogen-bond acceptors (Lipinski definition) is 2. The van der Waals surface area contributed by atoms with Crippen molar-refractivity contribution in [1.29, 1.82) is 0 Å². The third kappa shape index (κ3) is 1.90. The molecule has 1 atom stereocenters. The number of hydrogen-bond donors (Lipinski definition) is 1. The summed E-state index contributed by atoms with van der Waals surface area (Å²) in [6.07, 6.45) is 0. The van der Waals surface area contributed by atoms with Gasteiger partial charge < -0.3 is 4.74 Å². The Morgan fingerprint density at radius 2 is 2.08 bits per heavy atom. The Morgan fingerprint density at radius 1 is 1.42 bits per heavy atom. The second-order valence-corrected chi connectivity index (χ2v) is 2.79. The summed E-state index contributed by atoms with van der Waals surface area (Å²) in [7, 11) is 1.65. The predicted molar refractivity (Wildman–Crippen MR) is 50.4 cm³/mol. The lowest BCUT2D eigenvalue weighted by Crippen LogP contribution is -2.07. The Labute approximate surface area is 77.6 Å². The summed E-state index contributed by atoms with van der Waals surface area (Å²) in [6.45, 7) is 1.98. The van der Waals surface area contributed by atoms with Gasteiger partial charge in [0.1, 0.15) is 5.75 Å². The Morgan fingerprint density at radius 3 is 2.67 bits per heavy atom. The first-order valence-electron chi connectivity index (χ1n) is 3.78. The molecule has 0 saturated heterocycles. The zero-order valence-electron chi connectivity index (χ0n) is 7.17. The quantitative estimate of drug-likeness (QED) is 0.731. The summed E-state index contributed by atoms with van der Waals surface area (Å²) in [4.78, 5) is 2.65. The lowest BCUT2D eigenvalue weighted by molar-refractivity contribution is 0.406. The number of rotatable bonds is 3. The van der Waals surface area contributed by atoms with Gasteiger partial charge in [-0.3, -0.25) is 0 Å². The lowest BCUT2D eigenvalue weighted by Gasteiger charge is -2.12. The molecule has 0 amide bonds. The topological polar surface area (TPSA) is 21.3 Å². The van der Waals surface area contributed by atoms with Crippen molar-refractivity contribution in [2.45, 2.75) is 13.0 Å². The number of halogens is 1. The number of nitrogens with one attached hydrogen (secondary N) is 1. The van der Waals surface area contributed by atoms with Crippen LogP contribution in [-0.2, 0) is 0 Å². The molecule has 3 heteroatoms. The maximum Gasteiger partial charge on any atom is 0.123 e. The molecular formula is C9H12ClNO. The van der Waals surface area contributed by atoms with E-state index in [1.54, 1.807) is 7.11 Å². The highest BCUT2D eigenvalue weighted by atomic mass is 35.5. The van der Waals surface area contributed by atoms with Crippen LogP contribution in [0.15, 0.2) is 24.3 Å². The molecule has 12 heavy (non-hydrogen) atoms. The SMILES string of the molecule is COc1ccccc1[C@@H](C)NCl. The van der Waals surface area contributed by atoms with Crippen molar-refractivity contribution in [2.75, 3.05) is 7.11 Å². The Bertz CT molecular complexity index is 252. The minimum Gasteiger partial charge on any atom is -0.496 e. The van der Waals surface area contributed by atoms with Crippen molar-refractivity contribution >= 4 is 11.8 Å². The molecule has 0 spiro atoms. The van der Waals surface area contributed by atoms with Crippen LogP contribution in [0.25, 0.3) is 0 Å². The summed E-state index contributed by atoms with van der Waals surface area (Å²) in [5.74, 6) is 0.859. The fourth-order valence-corrected chi connectivity index (χ4v) is 1.20. The minimum atomic E-state index is 0.0998. The van der Waals surface area contributed by atoms with Gasteiger partial charge in [-0.25, -0.2) is 4.84 Å². The highest BCUT2D eigenvalue weighted by molar-refractivity contribution is 6.13. The summed E-state index contributed by atoms with van der Waals surface area (Å²) in [5, 5.41) is 0. The summed E-state index contributed by atoms with van der Waals surface area (Å²) < 4.78 is 5.17. The molecule has 1 N–H and O–H groups in total. The summed E-state index contributed by atoms with van der Waals surface area (Å²) in [6, 6.07) is 7.90. The first kappa shape index (κ1) is 9.36. The van der Waals surface area contributed by atoms with E-state index in [9.17, 15) is 0 Å².